The van der Waals surface area contributed by atoms with Crippen LogP contribution >= 0.6 is 11.3 Å². The maximum Gasteiger partial charge on any atom is 0.325 e. The Morgan fingerprint density at radius 2 is 2.42 bits per heavy atom. The lowest BCUT2D eigenvalue weighted by atomic mass is 10.1. The summed E-state index contributed by atoms with van der Waals surface area (Å²) < 4.78 is 0. The van der Waals surface area contributed by atoms with Gasteiger partial charge in [0, 0.05) is 4.88 Å². The first-order chi connectivity index (χ1) is 5.65. The van der Waals surface area contributed by atoms with Crippen molar-refractivity contribution in [1.82, 2.24) is 0 Å². The number of carboxylic acids is 1. The SMILES string of the molecule is N[C@@H](C(=O)O)c1csc(CO)c1. The number of rotatable bonds is 3. The van der Waals surface area contributed by atoms with Gasteiger partial charge in [0.1, 0.15) is 6.04 Å². The first-order valence-corrected chi connectivity index (χ1v) is 4.19. The van der Waals surface area contributed by atoms with Crippen LogP contribution in [0.3, 0.4) is 0 Å². The number of carbonyl (C=O) groups is 1. The van der Waals surface area contributed by atoms with Crippen molar-refractivity contribution in [2.75, 3.05) is 0 Å². The third-order valence-electron chi connectivity index (χ3n) is 1.46. The van der Waals surface area contributed by atoms with Crippen LogP contribution in [0.2, 0.25) is 0 Å². The van der Waals surface area contributed by atoms with Crippen molar-refractivity contribution in [3.8, 4) is 0 Å². The number of carboxylic acid groups (broad SMARTS) is 1. The standard InChI is InChI=1S/C7H9NO3S/c8-6(7(10)11)4-1-5(2-9)12-3-4/h1,3,6,9H,2,8H2,(H,10,11)/t6-/m1/s1. The van der Waals surface area contributed by atoms with E-state index in [1.54, 1.807) is 11.4 Å². The van der Waals surface area contributed by atoms with Crippen molar-refractivity contribution >= 4 is 17.3 Å². The van der Waals surface area contributed by atoms with Crippen molar-refractivity contribution in [2.24, 2.45) is 5.73 Å². The number of nitrogens with two attached hydrogens (primary N) is 1. The molecule has 1 aromatic rings. The Morgan fingerprint density at radius 3 is 2.83 bits per heavy atom. The molecular weight excluding hydrogens is 178 g/mol. The van der Waals surface area contributed by atoms with Crippen LogP contribution in [0.5, 0.6) is 0 Å². The van der Waals surface area contributed by atoms with Crippen molar-refractivity contribution < 1.29 is 15.0 Å². The summed E-state index contributed by atoms with van der Waals surface area (Å²) in [6, 6.07) is 0.616. The molecule has 4 nitrogen and oxygen atoms in total. The fourth-order valence-electron chi connectivity index (χ4n) is 0.786. The van der Waals surface area contributed by atoms with Crippen LogP contribution in [-0.2, 0) is 11.4 Å². The minimum atomic E-state index is -1.06. The van der Waals surface area contributed by atoms with E-state index >= 15 is 0 Å². The highest BCUT2D eigenvalue weighted by Crippen LogP contribution is 2.19. The Labute approximate surface area is 73.3 Å². The topological polar surface area (TPSA) is 83.6 Å². The summed E-state index contributed by atoms with van der Waals surface area (Å²) >= 11 is 1.30. The number of aliphatic hydroxyl groups excluding tert-OH is 1. The maximum atomic E-state index is 10.4. The highest BCUT2D eigenvalue weighted by atomic mass is 32.1. The second kappa shape index (κ2) is 3.66. The van der Waals surface area contributed by atoms with Gasteiger partial charge in [-0.2, -0.15) is 0 Å². The van der Waals surface area contributed by atoms with Gasteiger partial charge < -0.3 is 15.9 Å². The molecule has 0 saturated carbocycles. The number of hydrogen-bond acceptors (Lipinski definition) is 4. The Bertz CT molecular complexity index is 284. The van der Waals surface area contributed by atoms with Crippen LogP contribution in [0.15, 0.2) is 11.4 Å². The summed E-state index contributed by atoms with van der Waals surface area (Å²) in [5.41, 5.74) is 5.87. The molecule has 0 fully saturated rings. The highest BCUT2D eigenvalue weighted by molar-refractivity contribution is 7.10. The molecule has 4 N–H and O–H groups in total. The van der Waals surface area contributed by atoms with Gasteiger partial charge in [0.25, 0.3) is 0 Å². The maximum absolute atomic E-state index is 10.4. The molecule has 66 valence electrons. The quantitative estimate of drug-likeness (QED) is 0.636. The van der Waals surface area contributed by atoms with Gasteiger partial charge in [0.2, 0.25) is 0 Å². The van der Waals surface area contributed by atoms with Crippen LogP contribution in [0.4, 0.5) is 0 Å². The van der Waals surface area contributed by atoms with Crippen molar-refractivity contribution in [3.63, 3.8) is 0 Å². The smallest absolute Gasteiger partial charge is 0.325 e. The van der Waals surface area contributed by atoms with E-state index in [1.165, 1.54) is 11.3 Å². The molecule has 0 radical (unpaired) electrons. The molecule has 0 bridgehead atoms. The molecule has 1 rings (SSSR count). The van der Waals surface area contributed by atoms with Crippen LogP contribution in [0, 0.1) is 0 Å². The predicted molar refractivity (Wildman–Crippen MR) is 44.8 cm³/mol. The van der Waals surface area contributed by atoms with E-state index in [0.29, 0.717) is 5.56 Å². The molecule has 0 aliphatic heterocycles. The van der Waals surface area contributed by atoms with Gasteiger partial charge in [0.05, 0.1) is 6.61 Å². The molecule has 0 spiro atoms. The minimum absolute atomic E-state index is 0.0724. The van der Waals surface area contributed by atoms with Crippen LogP contribution < -0.4 is 5.73 Å². The summed E-state index contributed by atoms with van der Waals surface area (Å²) in [4.78, 5) is 11.1. The molecule has 0 aromatic carbocycles. The predicted octanol–water partition coefficient (Wildman–Crippen LogP) is 0.325. The second-order valence-corrected chi connectivity index (χ2v) is 3.32. The molecule has 0 unspecified atom stereocenters. The molecule has 0 amide bonds. The van der Waals surface area contributed by atoms with Gasteiger partial charge in [0.15, 0.2) is 0 Å². The summed E-state index contributed by atoms with van der Waals surface area (Å²) in [6.45, 7) is -0.0724. The Morgan fingerprint density at radius 1 is 1.75 bits per heavy atom. The number of hydrogen-bond donors (Lipinski definition) is 3. The average molecular weight is 187 g/mol. The highest BCUT2D eigenvalue weighted by Gasteiger charge is 2.15. The van der Waals surface area contributed by atoms with E-state index in [0.717, 1.165) is 4.88 Å². The van der Waals surface area contributed by atoms with E-state index in [9.17, 15) is 4.79 Å². The molecule has 12 heavy (non-hydrogen) atoms. The molecule has 0 aliphatic rings. The van der Waals surface area contributed by atoms with E-state index in [1.807, 2.05) is 0 Å². The van der Waals surface area contributed by atoms with Crippen LogP contribution in [0.25, 0.3) is 0 Å². The number of aliphatic carboxylic acids is 1. The fraction of sp³-hybridized carbons (Fsp3) is 0.286. The summed E-state index contributed by atoms with van der Waals surface area (Å²) in [5.74, 6) is -1.06. The van der Waals surface area contributed by atoms with Crippen LogP contribution in [-0.4, -0.2) is 16.2 Å². The van der Waals surface area contributed by atoms with Gasteiger partial charge in [-0.1, -0.05) is 0 Å². The van der Waals surface area contributed by atoms with Gasteiger partial charge in [-0.3, -0.25) is 4.79 Å². The molecule has 1 atom stereocenters. The van der Waals surface area contributed by atoms with Gasteiger partial charge in [-0.25, -0.2) is 0 Å². The van der Waals surface area contributed by atoms with Crippen molar-refractivity contribution in [3.05, 3.63) is 21.9 Å². The zero-order valence-corrected chi connectivity index (χ0v) is 7.04. The zero-order chi connectivity index (χ0) is 9.14. The van der Waals surface area contributed by atoms with E-state index in [-0.39, 0.29) is 6.61 Å². The Balaban J connectivity index is 2.81. The average Bonchev–Trinajstić information content (AvgIpc) is 2.50. The van der Waals surface area contributed by atoms with Gasteiger partial charge >= 0.3 is 5.97 Å². The molecule has 0 aliphatic carbocycles. The summed E-state index contributed by atoms with van der Waals surface area (Å²) in [6.07, 6.45) is 0. The van der Waals surface area contributed by atoms with E-state index < -0.39 is 12.0 Å². The van der Waals surface area contributed by atoms with Crippen molar-refractivity contribution in [1.29, 1.82) is 0 Å². The third kappa shape index (κ3) is 1.82. The lowest BCUT2D eigenvalue weighted by molar-refractivity contribution is -0.138. The Hall–Kier alpha value is -0.910. The molecule has 5 heteroatoms. The summed E-state index contributed by atoms with van der Waals surface area (Å²) in [5, 5.41) is 18.9. The molecule has 1 heterocycles. The summed E-state index contributed by atoms with van der Waals surface area (Å²) in [7, 11) is 0. The van der Waals surface area contributed by atoms with Crippen molar-refractivity contribution in [2.45, 2.75) is 12.6 Å². The fourth-order valence-corrected chi connectivity index (χ4v) is 1.57. The zero-order valence-electron chi connectivity index (χ0n) is 6.23. The lowest BCUT2D eigenvalue weighted by Crippen LogP contribution is -2.19. The molecular formula is C7H9NO3S. The molecule has 1 aromatic heterocycles. The monoisotopic (exact) mass is 187 g/mol. The third-order valence-corrected chi connectivity index (χ3v) is 2.39. The number of thiophene rings is 1. The first-order valence-electron chi connectivity index (χ1n) is 3.31. The van der Waals surface area contributed by atoms with Gasteiger partial charge in [-0.15, -0.1) is 11.3 Å². The normalized spacial score (nSPS) is 12.8. The Kier molecular flexibility index (Phi) is 2.80. The largest absolute Gasteiger partial charge is 0.480 e. The van der Waals surface area contributed by atoms with Crippen LogP contribution in [0.1, 0.15) is 16.5 Å². The van der Waals surface area contributed by atoms with E-state index in [4.69, 9.17) is 15.9 Å². The molecule has 0 saturated heterocycles. The second-order valence-electron chi connectivity index (χ2n) is 2.32. The van der Waals surface area contributed by atoms with E-state index in [2.05, 4.69) is 0 Å². The first kappa shape index (κ1) is 9.18. The minimum Gasteiger partial charge on any atom is -0.480 e. The number of aliphatic hydroxyl groups is 1. The van der Waals surface area contributed by atoms with Gasteiger partial charge in [-0.05, 0) is 17.0 Å². The lowest BCUT2D eigenvalue weighted by Gasteiger charge is -2.01.